The lowest BCUT2D eigenvalue weighted by Crippen LogP contribution is -2.15. The maximum absolute atomic E-state index is 13.6. The third-order valence-electron chi connectivity index (χ3n) is 9.77. The molecule has 0 radical (unpaired) electrons. The summed E-state index contributed by atoms with van der Waals surface area (Å²) in [5.41, 5.74) is 4.40. The Morgan fingerprint density at radius 3 is 1.76 bits per heavy atom. The molecule has 0 spiro atoms. The van der Waals surface area contributed by atoms with Crippen LogP contribution in [-0.2, 0) is 19.1 Å². The summed E-state index contributed by atoms with van der Waals surface area (Å²) < 4.78 is 39.5. The number of benzene rings is 5. The van der Waals surface area contributed by atoms with E-state index in [1.165, 1.54) is 25.3 Å². The van der Waals surface area contributed by atoms with E-state index in [0.29, 0.717) is 50.2 Å². The second kappa shape index (κ2) is 27.0. The van der Waals surface area contributed by atoms with E-state index in [0.717, 1.165) is 68.2 Å². The van der Waals surface area contributed by atoms with Crippen LogP contribution in [0.4, 0.5) is 5.69 Å². The van der Waals surface area contributed by atoms with Crippen molar-refractivity contribution in [1.82, 2.24) is 0 Å². The second-order valence-electron chi connectivity index (χ2n) is 15.0. The number of carbonyl (C=O) groups excluding carboxylic acids is 4. The highest BCUT2D eigenvalue weighted by Gasteiger charge is 2.22. The van der Waals surface area contributed by atoms with Gasteiger partial charge in [-0.2, -0.15) is 5.10 Å². The number of hydrogen-bond acceptors (Lipinski definition) is 13. The summed E-state index contributed by atoms with van der Waals surface area (Å²) in [6.07, 6.45) is 11.4. The first-order valence-corrected chi connectivity index (χ1v) is 21.8. The van der Waals surface area contributed by atoms with E-state index < -0.39 is 23.9 Å². The fraction of sp³-hybridized carbons (Fsp3) is 0.264. The molecule has 0 aliphatic heterocycles. The molecular weight excluding hydrogens is 841 g/mol. The molecule has 5 aromatic rings. The lowest BCUT2D eigenvalue weighted by atomic mass is 10.1. The molecule has 1 N–H and O–H groups in total. The molecule has 13 nitrogen and oxygen atoms in total. The minimum Gasteiger partial charge on any atom is -0.494 e. The highest BCUT2D eigenvalue weighted by atomic mass is 16.6. The van der Waals surface area contributed by atoms with Crippen molar-refractivity contribution in [3.05, 3.63) is 157 Å². The molecule has 344 valence electrons. The Hall–Kier alpha value is -7.51. The van der Waals surface area contributed by atoms with Crippen molar-refractivity contribution < 1.29 is 52.3 Å². The van der Waals surface area contributed by atoms with Gasteiger partial charge in [-0.25, -0.2) is 19.2 Å². The van der Waals surface area contributed by atoms with Gasteiger partial charge in [0, 0.05) is 29.9 Å². The van der Waals surface area contributed by atoms with Crippen LogP contribution in [-0.4, -0.2) is 63.1 Å². The second-order valence-corrected chi connectivity index (χ2v) is 15.0. The fourth-order valence-corrected chi connectivity index (χ4v) is 6.22. The van der Waals surface area contributed by atoms with Crippen LogP contribution in [0.25, 0.3) is 10.8 Å². The third kappa shape index (κ3) is 16.6. The standard InChI is InChI=1S/C53H56N2O11/c1-5-29-60-30-13-7-8-14-31-61-46-27-22-41(23-28-46)53(59)66-48-35-43(37-54-55-44-24-19-39-17-11-12-18-42(39)34-44)47(36-49(48)65-51(57)38(3)4)64-52(58)40-20-25-45(26-21-40)62-32-15-9-10-16-33-63-50(56)6-2/h5-6,11-12,17-28,34-37,55H,1-3,7-10,13-16,29-33H2,4H3/b54-37+. The van der Waals surface area contributed by atoms with Crippen LogP contribution < -0.4 is 29.1 Å². The highest BCUT2D eigenvalue weighted by Crippen LogP contribution is 2.36. The quantitative estimate of drug-likeness (QED) is 0.00965. The van der Waals surface area contributed by atoms with Gasteiger partial charge in [-0.1, -0.05) is 56.0 Å². The largest absolute Gasteiger partial charge is 0.494 e. The Morgan fingerprint density at radius 1 is 0.606 bits per heavy atom. The van der Waals surface area contributed by atoms with Gasteiger partial charge in [0.2, 0.25) is 0 Å². The van der Waals surface area contributed by atoms with E-state index in [1.54, 1.807) is 54.6 Å². The van der Waals surface area contributed by atoms with E-state index in [1.807, 2.05) is 42.5 Å². The average molecular weight is 897 g/mol. The Bertz CT molecular complexity index is 2460. The first-order chi connectivity index (χ1) is 32.1. The zero-order chi connectivity index (χ0) is 46.9. The molecule has 0 saturated heterocycles. The van der Waals surface area contributed by atoms with Gasteiger partial charge >= 0.3 is 23.9 Å². The monoisotopic (exact) mass is 896 g/mol. The van der Waals surface area contributed by atoms with Gasteiger partial charge in [0.05, 0.1) is 49.5 Å². The van der Waals surface area contributed by atoms with E-state index in [9.17, 15) is 19.2 Å². The predicted octanol–water partition coefficient (Wildman–Crippen LogP) is 11.0. The zero-order valence-electron chi connectivity index (χ0n) is 37.3. The van der Waals surface area contributed by atoms with Crippen molar-refractivity contribution in [1.29, 1.82) is 0 Å². The van der Waals surface area contributed by atoms with Gasteiger partial charge in [0.15, 0.2) is 11.5 Å². The molecule has 0 saturated carbocycles. The number of hydrogen-bond donors (Lipinski definition) is 1. The predicted molar refractivity (Wildman–Crippen MR) is 255 cm³/mol. The molecule has 66 heavy (non-hydrogen) atoms. The number of nitrogens with zero attached hydrogens (tertiary/aromatic N) is 1. The van der Waals surface area contributed by atoms with Crippen LogP contribution in [0.5, 0.6) is 28.7 Å². The zero-order valence-corrected chi connectivity index (χ0v) is 37.3. The molecule has 0 aliphatic carbocycles. The van der Waals surface area contributed by atoms with Gasteiger partial charge in [-0.05, 0) is 129 Å². The number of esters is 4. The molecule has 0 aliphatic rings. The van der Waals surface area contributed by atoms with Gasteiger partial charge in [-0.3, -0.25) is 5.43 Å². The Kier molecular flexibility index (Phi) is 20.2. The smallest absolute Gasteiger partial charge is 0.343 e. The summed E-state index contributed by atoms with van der Waals surface area (Å²) >= 11 is 0. The molecule has 5 aromatic carbocycles. The number of rotatable bonds is 28. The SMILES string of the molecule is C=CCOCCCCCCOc1ccc(C(=O)Oc2cc(/C=N/Nc3ccc4ccccc4c3)c(OC(=O)c3ccc(OCCCCCCOC(=O)C=C)cc3)cc2OC(=O)C(=C)C)cc1. The maximum Gasteiger partial charge on any atom is 0.343 e. The number of hydrazone groups is 1. The lowest BCUT2D eigenvalue weighted by molar-refractivity contribution is -0.137. The van der Waals surface area contributed by atoms with Crippen molar-refractivity contribution in [2.75, 3.05) is 38.5 Å². The first-order valence-electron chi connectivity index (χ1n) is 21.8. The molecule has 0 heterocycles. The molecule has 0 amide bonds. The molecule has 13 heteroatoms. The lowest BCUT2D eigenvalue weighted by Gasteiger charge is -2.15. The number of anilines is 1. The molecule has 5 rings (SSSR count). The van der Waals surface area contributed by atoms with E-state index in [-0.39, 0.29) is 39.5 Å². The number of fused-ring (bicyclic) bond motifs is 1. The first kappa shape index (κ1) is 49.5. The summed E-state index contributed by atoms with van der Waals surface area (Å²) in [4.78, 5) is 51.3. The van der Waals surface area contributed by atoms with Crippen LogP contribution in [0.2, 0.25) is 0 Å². The average Bonchev–Trinajstić information content (AvgIpc) is 3.33. The number of unbranched alkanes of at least 4 members (excludes halogenated alkanes) is 6. The van der Waals surface area contributed by atoms with Gasteiger partial charge < -0.3 is 33.2 Å². The summed E-state index contributed by atoms with van der Waals surface area (Å²) in [5, 5.41) is 6.46. The van der Waals surface area contributed by atoms with E-state index >= 15 is 0 Å². The van der Waals surface area contributed by atoms with Gasteiger partial charge in [0.1, 0.15) is 17.2 Å². The molecule has 0 bridgehead atoms. The topological polar surface area (TPSA) is 157 Å². The summed E-state index contributed by atoms with van der Waals surface area (Å²) in [7, 11) is 0. The van der Waals surface area contributed by atoms with Gasteiger partial charge in [-0.15, -0.1) is 6.58 Å². The maximum atomic E-state index is 13.6. The minimum atomic E-state index is -0.795. The number of nitrogens with one attached hydrogen (secondary N) is 1. The van der Waals surface area contributed by atoms with Crippen LogP contribution >= 0.6 is 0 Å². The van der Waals surface area contributed by atoms with Crippen LogP contribution in [0.1, 0.15) is 84.6 Å². The third-order valence-corrected chi connectivity index (χ3v) is 9.77. The van der Waals surface area contributed by atoms with Crippen molar-refractivity contribution in [2.45, 2.75) is 58.3 Å². The highest BCUT2D eigenvalue weighted by molar-refractivity contribution is 5.96. The fourth-order valence-electron chi connectivity index (χ4n) is 6.22. The molecular formula is C53H56N2O11. The van der Waals surface area contributed by atoms with Gasteiger partial charge in [0.25, 0.3) is 0 Å². The molecule has 0 atom stereocenters. The van der Waals surface area contributed by atoms with E-state index in [4.69, 9.17) is 33.2 Å². The molecule has 0 unspecified atom stereocenters. The Morgan fingerprint density at radius 2 is 1.17 bits per heavy atom. The van der Waals surface area contributed by atoms with Crippen molar-refractivity contribution in [2.24, 2.45) is 5.10 Å². The Balaban J connectivity index is 1.30. The van der Waals surface area contributed by atoms with Crippen LogP contribution in [0.3, 0.4) is 0 Å². The number of carbonyl (C=O) groups is 4. The van der Waals surface area contributed by atoms with Crippen LogP contribution in [0, 0.1) is 0 Å². The Labute approximate surface area is 385 Å². The van der Waals surface area contributed by atoms with E-state index in [2.05, 4.69) is 30.3 Å². The molecule has 0 aromatic heterocycles. The van der Waals surface area contributed by atoms with Crippen molar-refractivity contribution in [3.8, 4) is 28.7 Å². The summed E-state index contributed by atoms with van der Waals surface area (Å²) in [6, 6.07) is 29.3. The van der Waals surface area contributed by atoms with Crippen LogP contribution in [0.15, 0.2) is 146 Å². The minimum absolute atomic E-state index is 0.0458. The summed E-state index contributed by atoms with van der Waals surface area (Å²) in [6.45, 7) is 14.8. The van der Waals surface area contributed by atoms with Crippen molar-refractivity contribution in [3.63, 3.8) is 0 Å². The normalized spacial score (nSPS) is 10.8. The molecule has 0 fully saturated rings. The number of ether oxygens (including phenoxy) is 7. The summed E-state index contributed by atoms with van der Waals surface area (Å²) in [5.74, 6) is -1.93. The van der Waals surface area contributed by atoms with Crippen molar-refractivity contribution >= 4 is 46.6 Å².